The van der Waals surface area contributed by atoms with Crippen LogP contribution in [0.2, 0.25) is 0 Å². The third-order valence-electron chi connectivity index (χ3n) is 3.10. The summed E-state index contributed by atoms with van der Waals surface area (Å²) in [4.78, 5) is 8.14. The normalized spacial score (nSPS) is 28.2. The topological polar surface area (TPSA) is 42.2 Å². The summed E-state index contributed by atoms with van der Waals surface area (Å²) in [5.74, 6) is 0.618. The molecule has 4 heteroatoms. The number of piperidine rings is 1. The fourth-order valence-electron chi connectivity index (χ4n) is 2.09. The van der Waals surface area contributed by atoms with Crippen molar-refractivity contribution in [3.05, 3.63) is 16.1 Å². The van der Waals surface area contributed by atoms with Gasteiger partial charge in [0, 0.05) is 36.8 Å². The Labute approximate surface area is 95.3 Å². The maximum atomic E-state index is 6.00. The van der Waals surface area contributed by atoms with Crippen molar-refractivity contribution in [2.75, 3.05) is 13.1 Å². The Morgan fingerprint density at radius 2 is 2.47 bits per heavy atom. The van der Waals surface area contributed by atoms with Crippen LogP contribution in [-0.2, 0) is 6.54 Å². The molecule has 0 spiro atoms. The minimum Gasteiger partial charge on any atom is -0.327 e. The fourth-order valence-corrected chi connectivity index (χ4v) is 2.93. The Morgan fingerprint density at radius 1 is 1.67 bits per heavy atom. The van der Waals surface area contributed by atoms with E-state index < -0.39 is 0 Å². The highest BCUT2D eigenvalue weighted by Crippen LogP contribution is 2.19. The molecule has 1 aromatic rings. The molecule has 1 saturated heterocycles. The van der Waals surface area contributed by atoms with Crippen LogP contribution in [0.3, 0.4) is 0 Å². The standard InChI is InChI=1S/C11H19N3S/c1-8-6-14(4-3-11(8)12)7-10-5-13-9(2)15-10/h5,8,11H,3-4,6-7,12H2,1-2H3/t8-,11+/m1/s1. The summed E-state index contributed by atoms with van der Waals surface area (Å²) >= 11 is 1.80. The van der Waals surface area contributed by atoms with Gasteiger partial charge in [0.25, 0.3) is 0 Å². The molecule has 0 aliphatic carbocycles. The van der Waals surface area contributed by atoms with E-state index in [-0.39, 0.29) is 0 Å². The number of thiazole rings is 1. The molecule has 0 aromatic carbocycles. The number of aryl methyl sites for hydroxylation is 1. The number of likely N-dealkylation sites (tertiary alicyclic amines) is 1. The summed E-state index contributed by atoms with van der Waals surface area (Å²) in [5.41, 5.74) is 6.00. The Morgan fingerprint density at radius 3 is 3.07 bits per heavy atom. The molecule has 0 radical (unpaired) electrons. The van der Waals surface area contributed by atoms with Crippen molar-refractivity contribution < 1.29 is 0 Å². The quantitative estimate of drug-likeness (QED) is 0.831. The molecule has 2 N–H and O–H groups in total. The number of hydrogen-bond donors (Lipinski definition) is 1. The number of hydrogen-bond acceptors (Lipinski definition) is 4. The third kappa shape index (κ3) is 2.77. The van der Waals surface area contributed by atoms with E-state index in [1.165, 1.54) is 4.88 Å². The van der Waals surface area contributed by atoms with Gasteiger partial charge in [-0.1, -0.05) is 6.92 Å². The summed E-state index contributed by atoms with van der Waals surface area (Å²) in [7, 11) is 0. The highest BCUT2D eigenvalue weighted by atomic mass is 32.1. The Bertz CT molecular complexity index is 323. The first-order valence-electron chi connectivity index (χ1n) is 5.54. The summed E-state index contributed by atoms with van der Waals surface area (Å²) in [6, 6.07) is 0.393. The van der Waals surface area contributed by atoms with Crippen LogP contribution in [0.1, 0.15) is 23.2 Å². The van der Waals surface area contributed by atoms with Crippen LogP contribution < -0.4 is 5.73 Å². The molecular formula is C11H19N3S. The average molecular weight is 225 g/mol. The molecule has 0 amide bonds. The van der Waals surface area contributed by atoms with E-state index in [4.69, 9.17) is 5.73 Å². The lowest BCUT2D eigenvalue weighted by molar-refractivity contribution is 0.159. The second kappa shape index (κ2) is 4.60. The zero-order valence-electron chi connectivity index (χ0n) is 9.44. The molecule has 0 unspecified atom stereocenters. The highest BCUT2D eigenvalue weighted by Gasteiger charge is 2.23. The molecule has 0 saturated carbocycles. The van der Waals surface area contributed by atoms with Crippen molar-refractivity contribution in [1.29, 1.82) is 0 Å². The first-order valence-corrected chi connectivity index (χ1v) is 6.36. The lowest BCUT2D eigenvalue weighted by Gasteiger charge is -2.34. The molecular weight excluding hydrogens is 206 g/mol. The molecule has 1 aromatic heterocycles. The van der Waals surface area contributed by atoms with Crippen LogP contribution in [0.25, 0.3) is 0 Å². The smallest absolute Gasteiger partial charge is 0.0897 e. The fraction of sp³-hybridized carbons (Fsp3) is 0.727. The Balaban J connectivity index is 1.90. The van der Waals surface area contributed by atoms with E-state index in [1.54, 1.807) is 11.3 Å². The molecule has 1 aliphatic rings. The molecule has 1 aliphatic heterocycles. The second-order valence-electron chi connectivity index (χ2n) is 4.51. The third-order valence-corrected chi connectivity index (χ3v) is 4.00. The zero-order chi connectivity index (χ0) is 10.8. The van der Waals surface area contributed by atoms with Crippen molar-refractivity contribution in [3.8, 4) is 0 Å². The van der Waals surface area contributed by atoms with Gasteiger partial charge >= 0.3 is 0 Å². The van der Waals surface area contributed by atoms with Crippen LogP contribution in [0, 0.1) is 12.8 Å². The van der Waals surface area contributed by atoms with Gasteiger partial charge in [-0.25, -0.2) is 4.98 Å². The summed E-state index contributed by atoms with van der Waals surface area (Å²) in [6.07, 6.45) is 3.12. The maximum absolute atomic E-state index is 6.00. The van der Waals surface area contributed by atoms with E-state index in [9.17, 15) is 0 Å². The molecule has 84 valence electrons. The number of nitrogens with two attached hydrogens (primary N) is 1. The zero-order valence-corrected chi connectivity index (χ0v) is 10.3. The predicted molar refractivity (Wildman–Crippen MR) is 63.9 cm³/mol. The average Bonchev–Trinajstić information content (AvgIpc) is 2.58. The minimum absolute atomic E-state index is 0.393. The molecule has 0 bridgehead atoms. The van der Waals surface area contributed by atoms with Crippen molar-refractivity contribution in [3.63, 3.8) is 0 Å². The SMILES string of the molecule is Cc1ncc(CN2CC[C@H](N)[C@H](C)C2)s1. The molecule has 2 rings (SSSR count). The van der Waals surface area contributed by atoms with Crippen LogP contribution in [0.4, 0.5) is 0 Å². The number of rotatable bonds is 2. The van der Waals surface area contributed by atoms with Crippen LogP contribution in [0.15, 0.2) is 6.20 Å². The molecule has 15 heavy (non-hydrogen) atoms. The Hall–Kier alpha value is -0.450. The van der Waals surface area contributed by atoms with E-state index in [0.717, 1.165) is 31.1 Å². The first-order chi connectivity index (χ1) is 7.15. The predicted octanol–water partition coefficient (Wildman–Crippen LogP) is 1.62. The largest absolute Gasteiger partial charge is 0.327 e. The summed E-state index contributed by atoms with van der Waals surface area (Å²) in [5, 5.41) is 1.16. The van der Waals surface area contributed by atoms with Gasteiger partial charge in [-0.3, -0.25) is 4.90 Å². The van der Waals surface area contributed by atoms with Crippen LogP contribution in [-0.4, -0.2) is 29.0 Å². The van der Waals surface area contributed by atoms with Crippen molar-refractivity contribution >= 4 is 11.3 Å². The van der Waals surface area contributed by atoms with Gasteiger partial charge in [0.1, 0.15) is 0 Å². The van der Waals surface area contributed by atoms with E-state index in [2.05, 4.69) is 23.7 Å². The summed E-state index contributed by atoms with van der Waals surface area (Å²) in [6.45, 7) is 7.60. The molecule has 2 heterocycles. The molecule has 2 atom stereocenters. The second-order valence-corrected chi connectivity index (χ2v) is 5.83. The lowest BCUT2D eigenvalue weighted by atomic mass is 9.95. The highest BCUT2D eigenvalue weighted by molar-refractivity contribution is 7.11. The van der Waals surface area contributed by atoms with Crippen molar-refractivity contribution in [1.82, 2.24) is 9.88 Å². The monoisotopic (exact) mass is 225 g/mol. The maximum Gasteiger partial charge on any atom is 0.0897 e. The van der Waals surface area contributed by atoms with Crippen LogP contribution in [0.5, 0.6) is 0 Å². The number of aromatic nitrogens is 1. The Kier molecular flexibility index (Phi) is 3.38. The van der Waals surface area contributed by atoms with E-state index in [1.807, 2.05) is 6.20 Å². The van der Waals surface area contributed by atoms with Crippen LogP contribution >= 0.6 is 11.3 Å². The minimum atomic E-state index is 0.393. The van der Waals surface area contributed by atoms with Gasteiger partial charge in [0.15, 0.2) is 0 Å². The molecule has 1 fully saturated rings. The van der Waals surface area contributed by atoms with Gasteiger partial charge < -0.3 is 5.73 Å². The van der Waals surface area contributed by atoms with Crippen molar-refractivity contribution in [2.24, 2.45) is 11.7 Å². The summed E-state index contributed by atoms with van der Waals surface area (Å²) < 4.78 is 0. The van der Waals surface area contributed by atoms with Gasteiger partial charge in [-0.05, 0) is 19.3 Å². The first kappa shape index (κ1) is 11.0. The van der Waals surface area contributed by atoms with E-state index >= 15 is 0 Å². The molecule has 3 nitrogen and oxygen atoms in total. The lowest BCUT2D eigenvalue weighted by Crippen LogP contribution is -2.45. The van der Waals surface area contributed by atoms with Crippen molar-refractivity contribution in [2.45, 2.75) is 32.9 Å². The van der Waals surface area contributed by atoms with Gasteiger partial charge in [0.05, 0.1) is 5.01 Å². The van der Waals surface area contributed by atoms with Gasteiger partial charge in [0.2, 0.25) is 0 Å². The van der Waals surface area contributed by atoms with Gasteiger partial charge in [-0.2, -0.15) is 0 Å². The number of nitrogens with zero attached hydrogens (tertiary/aromatic N) is 2. The van der Waals surface area contributed by atoms with Gasteiger partial charge in [-0.15, -0.1) is 11.3 Å². The van der Waals surface area contributed by atoms with E-state index in [0.29, 0.717) is 12.0 Å².